The van der Waals surface area contributed by atoms with Crippen molar-refractivity contribution < 1.29 is 8.42 Å². The molecule has 0 fully saturated rings. The van der Waals surface area contributed by atoms with Gasteiger partial charge in [-0.2, -0.15) is 5.26 Å². The van der Waals surface area contributed by atoms with Crippen LogP contribution < -0.4 is 4.72 Å². The highest BCUT2D eigenvalue weighted by Gasteiger charge is 2.14. The van der Waals surface area contributed by atoms with Crippen LogP contribution in [0.2, 0.25) is 0 Å². The minimum Gasteiger partial charge on any atom is -0.210 e. The first-order valence-electron chi connectivity index (χ1n) is 4.99. The number of hydrogen-bond acceptors (Lipinski definition) is 4. The summed E-state index contributed by atoms with van der Waals surface area (Å²) in [6, 6.07) is 5.42. The number of hydrogen-bond donors (Lipinski definition) is 1. The van der Waals surface area contributed by atoms with Gasteiger partial charge in [-0.3, -0.25) is 0 Å². The molecule has 4 nitrogen and oxygen atoms in total. The van der Waals surface area contributed by atoms with Crippen LogP contribution in [0.3, 0.4) is 0 Å². The number of sulfonamides is 1. The molecule has 88 valence electrons. The Hall–Kier alpha value is -0.900. The Labute approximate surface area is 100.0 Å². The second-order valence-corrected chi connectivity index (χ2v) is 6.66. The van der Waals surface area contributed by atoms with Gasteiger partial charge in [0.15, 0.2) is 0 Å². The first kappa shape index (κ1) is 13.2. The van der Waals surface area contributed by atoms with Crippen molar-refractivity contribution in [1.82, 2.24) is 4.72 Å². The molecule has 0 aromatic carbocycles. The van der Waals surface area contributed by atoms with Crippen LogP contribution in [0.5, 0.6) is 0 Å². The van der Waals surface area contributed by atoms with Gasteiger partial charge < -0.3 is 0 Å². The minimum atomic E-state index is -3.34. The number of unbranched alkanes of at least 4 members (excludes halogenated alkanes) is 2. The molecular weight excluding hydrogens is 244 g/mol. The lowest BCUT2D eigenvalue weighted by molar-refractivity contribution is 0.579. The summed E-state index contributed by atoms with van der Waals surface area (Å²) in [5.41, 5.74) is 0. The summed E-state index contributed by atoms with van der Waals surface area (Å²) in [5.74, 6) is 0. The van der Waals surface area contributed by atoms with Crippen LogP contribution >= 0.6 is 11.3 Å². The van der Waals surface area contributed by atoms with E-state index in [1.807, 2.05) is 13.0 Å². The fraction of sp³-hybridized carbons (Fsp3) is 0.500. The highest BCUT2D eigenvalue weighted by Crippen LogP contribution is 2.20. The molecule has 0 saturated heterocycles. The maximum Gasteiger partial charge on any atom is 0.250 e. The average molecular weight is 258 g/mol. The molecule has 0 bridgehead atoms. The summed E-state index contributed by atoms with van der Waals surface area (Å²) in [7, 11) is -3.34. The van der Waals surface area contributed by atoms with Crippen molar-refractivity contribution in [3.8, 4) is 6.07 Å². The molecule has 0 aliphatic carbocycles. The number of nitriles is 1. The molecule has 0 saturated carbocycles. The van der Waals surface area contributed by atoms with Gasteiger partial charge in [-0.15, -0.1) is 11.3 Å². The van der Waals surface area contributed by atoms with E-state index < -0.39 is 10.0 Å². The summed E-state index contributed by atoms with van der Waals surface area (Å²) in [6.07, 6.45) is 1.89. The van der Waals surface area contributed by atoms with Gasteiger partial charge in [0.2, 0.25) is 10.0 Å². The molecule has 1 rings (SSSR count). The molecule has 16 heavy (non-hydrogen) atoms. The molecule has 0 aliphatic heterocycles. The van der Waals surface area contributed by atoms with Gasteiger partial charge in [-0.1, -0.05) is 0 Å². The predicted octanol–water partition coefficient (Wildman–Crippen LogP) is 2.03. The quantitative estimate of drug-likeness (QED) is 0.794. The predicted molar refractivity (Wildman–Crippen MR) is 63.7 cm³/mol. The van der Waals surface area contributed by atoms with Crippen molar-refractivity contribution in [2.45, 2.75) is 30.4 Å². The standard InChI is InChI=1S/C10H14N2O2S2/c1-9-5-6-10(15-9)16(13,14)12-8-4-2-3-7-11/h5-6,12H,2-4,8H2,1H3. The molecule has 0 spiro atoms. The van der Waals surface area contributed by atoms with Crippen molar-refractivity contribution in [2.24, 2.45) is 0 Å². The average Bonchev–Trinajstić information content (AvgIpc) is 2.65. The van der Waals surface area contributed by atoms with Gasteiger partial charge in [0.05, 0.1) is 6.07 Å². The lowest BCUT2D eigenvalue weighted by Crippen LogP contribution is -2.23. The number of thiophene rings is 1. The third kappa shape index (κ3) is 3.93. The van der Waals surface area contributed by atoms with Gasteiger partial charge in [-0.25, -0.2) is 13.1 Å². The topological polar surface area (TPSA) is 70.0 Å². The molecule has 1 heterocycles. The first-order valence-corrected chi connectivity index (χ1v) is 7.29. The lowest BCUT2D eigenvalue weighted by atomic mass is 10.2. The van der Waals surface area contributed by atoms with Gasteiger partial charge >= 0.3 is 0 Å². The fourth-order valence-electron chi connectivity index (χ4n) is 1.16. The van der Waals surface area contributed by atoms with Gasteiger partial charge in [-0.05, 0) is 31.9 Å². The number of nitrogens with one attached hydrogen (secondary N) is 1. The molecular formula is C10H14N2O2S2. The Kier molecular flexibility index (Phi) is 4.93. The first-order chi connectivity index (χ1) is 7.56. The number of nitrogens with zero attached hydrogens (tertiary/aromatic N) is 1. The van der Waals surface area contributed by atoms with Crippen molar-refractivity contribution in [3.63, 3.8) is 0 Å². The van der Waals surface area contributed by atoms with E-state index in [9.17, 15) is 8.42 Å². The third-order valence-corrected chi connectivity index (χ3v) is 4.94. The Balaban J connectivity index is 2.45. The Morgan fingerprint density at radius 1 is 1.44 bits per heavy atom. The molecule has 0 atom stereocenters. The zero-order valence-corrected chi connectivity index (χ0v) is 10.7. The zero-order chi connectivity index (χ0) is 12.0. The van der Waals surface area contributed by atoms with E-state index in [-0.39, 0.29) is 0 Å². The van der Waals surface area contributed by atoms with E-state index in [0.29, 0.717) is 23.6 Å². The molecule has 6 heteroatoms. The van der Waals surface area contributed by atoms with Gasteiger partial charge in [0.1, 0.15) is 4.21 Å². The van der Waals surface area contributed by atoms with Crippen LogP contribution in [-0.2, 0) is 10.0 Å². The lowest BCUT2D eigenvalue weighted by Gasteiger charge is -2.03. The highest BCUT2D eigenvalue weighted by atomic mass is 32.2. The van der Waals surface area contributed by atoms with Crippen LogP contribution in [0.4, 0.5) is 0 Å². The van der Waals surface area contributed by atoms with Gasteiger partial charge in [0.25, 0.3) is 0 Å². The molecule has 0 unspecified atom stereocenters. The number of aryl methyl sites for hydroxylation is 1. The molecule has 0 radical (unpaired) electrons. The normalized spacial score (nSPS) is 11.2. The minimum absolute atomic E-state index is 0.352. The van der Waals surface area contributed by atoms with Crippen molar-refractivity contribution >= 4 is 21.4 Å². The molecule has 1 aromatic rings. The molecule has 0 aliphatic rings. The summed E-state index contributed by atoms with van der Waals surface area (Å²) in [4.78, 5) is 0.977. The van der Waals surface area contributed by atoms with E-state index in [1.54, 1.807) is 12.1 Å². The van der Waals surface area contributed by atoms with Crippen LogP contribution in [0, 0.1) is 18.3 Å². The second kappa shape index (κ2) is 5.99. The maximum absolute atomic E-state index is 11.7. The van der Waals surface area contributed by atoms with E-state index in [4.69, 9.17) is 5.26 Å². The van der Waals surface area contributed by atoms with Crippen LogP contribution in [0.1, 0.15) is 24.1 Å². The van der Waals surface area contributed by atoms with E-state index in [2.05, 4.69) is 4.72 Å². The Morgan fingerprint density at radius 2 is 2.19 bits per heavy atom. The van der Waals surface area contributed by atoms with Crippen molar-refractivity contribution in [1.29, 1.82) is 5.26 Å². The van der Waals surface area contributed by atoms with Crippen LogP contribution in [0.15, 0.2) is 16.3 Å². The number of rotatable bonds is 6. The van der Waals surface area contributed by atoms with Crippen molar-refractivity contribution in [2.75, 3.05) is 6.54 Å². The largest absolute Gasteiger partial charge is 0.250 e. The zero-order valence-electron chi connectivity index (χ0n) is 9.06. The highest BCUT2D eigenvalue weighted by molar-refractivity contribution is 7.91. The second-order valence-electron chi connectivity index (χ2n) is 3.38. The van der Waals surface area contributed by atoms with Crippen LogP contribution in [0.25, 0.3) is 0 Å². The molecule has 0 amide bonds. The summed E-state index contributed by atoms with van der Waals surface area (Å²) < 4.78 is 26.3. The van der Waals surface area contributed by atoms with Gasteiger partial charge in [0, 0.05) is 17.8 Å². The van der Waals surface area contributed by atoms with Crippen molar-refractivity contribution in [3.05, 3.63) is 17.0 Å². The monoisotopic (exact) mass is 258 g/mol. The molecule has 1 aromatic heterocycles. The Bertz CT molecular complexity index is 471. The summed E-state index contributed by atoms with van der Waals surface area (Å²) in [6.45, 7) is 2.26. The fourth-order valence-corrected chi connectivity index (χ4v) is 3.57. The van der Waals surface area contributed by atoms with E-state index in [0.717, 1.165) is 11.3 Å². The molecule has 1 N–H and O–H groups in total. The smallest absolute Gasteiger partial charge is 0.210 e. The Morgan fingerprint density at radius 3 is 2.75 bits per heavy atom. The maximum atomic E-state index is 11.7. The SMILES string of the molecule is Cc1ccc(S(=O)(=O)NCCCCC#N)s1. The summed E-state index contributed by atoms with van der Waals surface area (Å²) >= 11 is 1.26. The third-order valence-electron chi connectivity index (χ3n) is 1.99. The van der Waals surface area contributed by atoms with E-state index in [1.165, 1.54) is 11.3 Å². The van der Waals surface area contributed by atoms with E-state index >= 15 is 0 Å². The summed E-state index contributed by atoms with van der Waals surface area (Å²) in [5, 5.41) is 8.32. The van der Waals surface area contributed by atoms with Crippen LogP contribution in [-0.4, -0.2) is 15.0 Å².